The lowest BCUT2D eigenvalue weighted by molar-refractivity contribution is 0.212. The van der Waals surface area contributed by atoms with Gasteiger partial charge in [-0.1, -0.05) is 44.2 Å². The Morgan fingerprint density at radius 1 is 1.05 bits per heavy atom. The van der Waals surface area contributed by atoms with Gasteiger partial charge >= 0.3 is 0 Å². The van der Waals surface area contributed by atoms with Crippen molar-refractivity contribution in [2.75, 3.05) is 19.6 Å². The summed E-state index contributed by atoms with van der Waals surface area (Å²) in [5.74, 6) is 1.97. The molecule has 1 aromatic heterocycles. The van der Waals surface area contributed by atoms with Gasteiger partial charge in [-0.05, 0) is 37.7 Å². The number of benzene rings is 1. The lowest BCUT2D eigenvalue weighted by Gasteiger charge is -2.30. The highest BCUT2D eigenvalue weighted by Crippen LogP contribution is 2.19. The number of nitrogens with one attached hydrogen (secondary N) is 1. The summed E-state index contributed by atoms with van der Waals surface area (Å²) in [6.45, 7) is 10.2. The first-order valence-corrected chi connectivity index (χ1v) is 7.79. The third-order valence-electron chi connectivity index (χ3n) is 3.87. The highest BCUT2D eigenvalue weighted by Gasteiger charge is 2.17. The van der Waals surface area contributed by atoms with Crippen LogP contribution in [0.4, 0.5) is 0 Å². The summed E-state index contributed by atoms with van der Waals surface area (Å²) in [6.07, 6.45) is 0. The van der Waals surface area contributed by atoms with E-state index in [1.165, 1.54) is 5.56 Å². The van der Waals surface area contributed by atoms with Crippen LogP contribution in [-0.2, 0) is 6.54 Å². The molecule has 1 unspecified atom stereocenters. The first-order chi connectivity index (χ1) is 10.2. The van der Waals surface area contributed by atoms with Gasteiger partial charge in [0.1, 0.15) is 11.5 Å². The van der Waals surface area contributed by atoms with Crippen molar-refractivity contribution >= 4 is 0 Å². The van der Waals surface area contributed by atoms with E-state index in [2.05, 4.69) is 54.4 Å². The van der Waals surface area contributed by atoms with Crippen LogP contribution < -0.4 is 5.32 Å². The first kappa shape index (κ1) is 15.8. The molecule has 1 N–H and O–H groups in total. The van der Waals surface area contributed by atoms with Gasteiger partial charge in [-0.15, -0.1) is 0 Å². The van der Waals surface area contributed by atoms with Crippen molar-refractivity contribution in [2.24, 2.45) is 0 Å². The van der Waals surface area contributed by atoms with E-state index < -0.39 is 0 Å². The van der Waals surface area contributed by atoms with Crippen molar-refractivity contribution in [3.8, 4) is 0 Å². The van der Waals surface area contributed by atoms with E-state index in [1.54, 1.807) is 0 Å². The predicted octanol–water partition coefficient (Wildman–Crippen LogP) is 3.76. The molecule has 21 heavy (non-hydrogen) atoms. The standard InChI is InChI=1S/C18H26N2O/c1-4-20(5-2)18(16-9-7-6-8-10-16)14-19-13-17-12-11-15(3)21-17/h6-12,18-19H,4-5,13-14H2,1-3H3. The van der Waals surface area contributed by atoms with Crippen molar-refractivity contribution in [3.63, 3.8) is 0 Å². The van der Waals surface area contributed by atoms with E-state index in [1.807, 2.05) is 19.1 Å². The monoisotopic (exact) mass is 286 g/mol. The van der Waals surface area contributed by atoms with Gasteiger partial charge < -0.3 is 9.73 Å². The minimum Gasteiger partial charge on any atom is -0.465 e. The SMILES string of the molecule is CCN(CC)C(CNCc1ccc(C)o1)c1ccccc1. The molecule has 0 amide bonds. The van der Waals surface area contributed by atoms with Crippen LogP contribution in [-0.4, -0.2) is 24.5 Å². The van der Waals surface area contributed by atoms with Crippen LogP contribution >= 0.6 is 0 Å². The van der Waals surface area contributed by atoms with Crippen LogP contribution in [0.3, 0.4) is 0 Å². The molecule has 0 radical (unpaired) electrons. The van der Waals surface area contributed by atoms with E-state index in [0.717, 1.165) is 37.7 Å². The van der Waals surface area contributed by atoms with Crippen LogP contribution in [0.1, 0.15) is 37.0 Å². The van der Waals surface area contributed by atoms with E-state index >= 15 is 0 Å². The fourth-order valence-electron chi connectivity index (χ4n) is 2.71. The van der Waals surface area contributed by atoms with Crippen LogP contribution in [0.25, 0.3) is 0 Å². The van der Waals surface area contributed by atoms with Crippen molar-refractivity contribution in [2.45, 2.75) is 33.4 Å². The summed E-state index contributed by atoms with van der Waals surface area (Å²) >= 11 is 0. The molecule has 1 heterocycles. The Hall–Kier alpha value is -1.58. The summed E-state index contributed by atoms with van der Waals surface area (Å²) in [5.41, 5.74) is 1.37. The third-order valence-corrected chi connectivity index (χ3v) is 3.87. The van der Waals surface area contributed by atoms with Crippen LogP contribution in [0, 0.1) is 6.92 Å². The molecule has 0 fully saturated rings. The van der Waals surface area contributed by atoms with Crippen molar-refractivity contribution < 1.29 is 4.42 Å². The molecule has 2 rings (SSSR count). The maximum Gasteiger partial charge on any atom is 0.117 e. The number of rotatable bonds is 8. The van der Waals surface area contributed by atoms with Gasteiger partial charge in [0, 0.05) is 12.6 Å². The Morgan fingerprint density at radius 2 is 1.76 bits per heavy atom. The summed E-state index contributed by atoms with van der Waals surface area (Å²) < 4.78 is 5.61. The van der Waals surface area contributed by atoms with Crippen molar-refractivity contribution in [3.05, 3.63) is 59.5 Å². The number of likely N-dealkylation sites (N-methyl/N-ethyl adjacent to an activating group) is 1. The maximum atomic E-state index is 5.61. The van der Waals surface area contributed by atoms with Crippen molar-refractivity contribution in [1.29, 1.82) is 0 Å². The first-order valence-electron chi connectivity index (χ1n) is 7.79. The molecule has 2 aromatic rings. The maximum absolute atomic E-state index is 5.61. The molecule has 0 saturated carbocycles. The number of furan rings is 1. The Morgan fingerprint density at radius 3 is 2.33 bits per heavy atom. The molecule has 1 atom stereocenters. The molecule has 0 bridgehead atoms. The van der Waals surface area contributed by atoms with E-state index in [9.17, 15) is 0 Å². The largest absolute Gasteiger partial charge is 0.465 e. The highest BCUT2D eigenvalue weighted by molar-refractivity contribution is 5.19. The number of hydrogen-bond donors (Lipinski definition) is 1. The normalized spacial score (nSPS) is 12.8. The van der Waals surface area contributed by atoms with Gasteiger partial charge in [0.15, 0.2) is 0 Å². The molecule has 0 aliphatic rings. The third kappa shape index (κ3) is 4.45. The Balaban J connectivity index is 1.99. The number of aryl methyl sites for hydroxylation is 1. The Labute approximate surface area is 128 Å². The molecule has 3 heteroatoms. The second kappa shape index (κ2) is 8.01. The summed E-state index contributed by atoms with van der Waals surface area (Å²) in [7, 11) is 0. The molecule has 114 valence electrons. The molecular weight excluding hydrogens is 260 g/mol. The molecule has 0 aliphatic heterocycles. The van der Waals surface area contributed by atoms with E-state index in [0.29, 0.717) is 6.04 Å². The zero-order chi connectivity index (χ0) is 15.1. The molecule has 1 aromatic carbocycles. The Bertz CT molecular complexity index is 517. The topological polar surface area (TPSA) is 28.4 Å². The van der Waals surface area contributed by atoms with Crippen LogP contribution in [0.2, 0.25) is 0 Å². The highest BCUT2D eigenvalue weighted by atomic mass is 16.3. The minimum atomic E-state index is 0.400. The summed E-state index contributed by atoms with van der Waals surface area (Å²) in [4.78, 5) is 2.48. The number of hydrogen-bond acceptors (Lipinski definition) is 3. The molecule has 0 aliphatic carbocycles. The van der Waals surface area contributed by atoms with Gasteiger partial charge in [-0.25, -0.2) is 0 Å². The van der Waals surface area contributed by atoms with E-state index in [-0.39, 0.29) is 0 Å². The molecule has 3 nitrogen and oxygen atoms in total. The molecule has 0 spiro atoms. The van der Waals surface area contributed by atoms with Gasteiger partial charge in [-0.2, -0.15) is 0 Å². The Kier molecular flexibility index (Phi) is 6.03. The smallest absolute Gasteiger partial charge is 0.117 e. The predicted molar refractivity (Wildman–Crippen MR) is 87.3 cm³/mol. The minimum absolute atomic E-state index is 0.400. The van der Waals surface area contributed by atoms with Crippen LogP contribution in [0.15, 0.2) is 46.9 Å². The second-order valence-electron chi connectivity index (χ2n) is 5.29. The lowest BCUT2D eigenvalue weighted by Crippen LogP contribution is -2.35. The molecular formula is C18H26N2O. The van der Waals surface area contributed by atoms with Gasteiger partial charge in [-0.3, -0.25) is 4.90 Å². The zero-order valence-corrected chi connectivity index (χ0v) is 13.3. The van der Waals surface area contributed by atoms with Crippen LogP contribution in [0.5, 0.6) is 0 Å². The quantitative estimate of drug-likeness (QED) is 0.801. The van der Waals surface area contributed by atoms with Gasteiger partial charge in [0.25, 0.3) is 0 Å². The fraction of sp³-hybridized carbons (Fsp3) is 0.444. The number of nitrogens with zero attached hydrogens (tertiary/aromatic N) is 1. The van der Waals surface area contributed by atoms with Gasteiger partial charge in [0.05, 0.1) is 6.54 Å². The average molecular weight is 286 g/mol. The zero-order valence-electron chi connectivity index (χ0n) is 13.3. The average Bonchev–Trinajstić information content (AvgIpc) is 2.93. The summed E-state index contributed by atoms with van der Waals surface area (Å²) in [5, 5.41) is 3.53. The molecule has 0 saturated heterocycles. The summed E-state index contributed by atoms with van der Waals surface area (Å²) in [6, 6.07) is 15.2. The fourth-order valence-corrected chi connectivity index (χ4v) is 2.71. The van der Waals surface area contributed by atoms with E-state index in [4.69, 9.17) is 4.42 Å². The second-order valence-corrected chi connectivity index (χ2v) is 5.29. The van der Waals surface area contributed by atoms with Crippen molar-refractivity contribution in [1.82, 2.24) is 10.2 Å². The van der Waals surface area contributed by atoms with Gasteiger partial charge in [0.2, 0.25) is 0 Å². The lowest BCUT2D eigenvalue weighted by atomic mass is 10.1.